The fourth-order valence-electron chi connectivity index (χ4n) is 0.105. The summed E-state index contributed by atoms with van der Waals surface area (Å²) < 4.78 is 0. The van der Waals surface area contributed by atoms with Gasteiger partial charge in [0.25, 0.3) is 0 Å². The van der Waals surface area contributed by atoms with Crippen LogP contribution in [0.5, 0.6) is 0 Å². The molecule has 0 spiro atoms. The molecular weight excluding hydrogens is 128 g/mol. The largest absolute Gasteiger partial charge is 0.374 e. The Morgan fingerprint density at radius 2 is 2.57 bits per heavy atom. The van der Waals surface area contributed by atoms with Crippen LogP contribution in [-0.2, 0) is 0 Å². The molecule has 40 valence electrons. The Bertz CT molecular complexity index is 88.9. The van der Waals surface area contributed by atoms with E-state index in [0.29, 0.717) is 0 Å². The summed E-state index contributed by atoms with van der Waals surface area (Å²) in [6, 6.07) is 0. The minimum Gasteiger partial charge on any atom is -0.374 e. The second-order valence-electron chi connectivity index (χ2n) is 0.808. The zero-order valence-electron chi connectivity index (χ0n) is 3.92. The van der Waals surface area contributed by atoms with Crippen LogP contribution in [0.1, 0.15) is 0 Å². The number of nitrogens with zero attached hydrogens (tertiary/aromatic N) is 1. The van der Waals surface area contributed by atoms with E-state index in [1.807, 2.05) is 6.26 Å². The number of thiocarbonyl (C=S) groups is 1. The van der Waals surface area contributed by atoms with Crippen molar-refractivity contribution in [3.63, 3.8) is 0 Å². The summed E-state index contributed by atoms with van der Waals surface area (Å²) in [4.78, 5) is 3.59. The molecule has 0 unspecified atom stereocenters. The van der Waals surface area contributed by atoms with Gasteiger partial charge >= 0.3 is 0 Å². The zero-order chi connectivity index (χ0) is 5.70. The molecule has 0 aromatic carbocycles. The molecule has 0 atom stereocenters. The van der Waals surface area contributed by atoms with Crippen LogP contribution in [0.15, 0.2) is 4.99 Å². The molecule has 0 aromatic rings. The second kappa shape index (κ2) is 4.08. The molecule has 0 fully saturated rings. The highest BCUT2D eigenvalue weighted by molar-refractivity contribution is 8.11. The summed E-state index contributed by atoms with van der Waals surface area (Å²) in [6.07, 6.45) is 1.89. The van der Waals surface area contributed by atoms with Gasteiger partial charge in [-0.15, -0.1) is 11.8 Å². The Morgan fingerprint density at radius 3 is 2.71 bits per heavy atom. The Hall–Kier alpha value is -0.0900. The predicted molar refractivity (Wildman–Crippen MR) is 38.8 cm³/mol. The third kappa shape index (κ3) is 5.91. The Labute approximate surface area is 52.2 Å². The van der Waals surface area contributed by atoms with Crippen LogP contribution in [-0.4, -0.2) is 16.9 Å². The van der Waals surface area contributed by atoms with Crippen LogP contribution in [0.2, 0.25) is 0 Å². The van der Waals surface area contributed by atoms with Crippen molar-refractivity contribution < 1.29 is 0 Å². The maximum atomic E-state index is 5.00. The number of rotatable bonds is 1. The van der Waals surface area contributed by atoms with Crippen molar-refractivity contribution >= 4 is 34.6 Å². The first kappa shape index (κ1) is 6.91. The van der Waals surface area contributed by atoms with E-state index in [1.54, 1.807) is 5.55 Å². The molecule has 0 aliphatic heterocycles. The monoisotopic (exact) mass is 134 g/mol. The summed E-state index contributed by atoms with van der Waals surface area (Å²) in [6.45, 7) is 0. The lowest BCUT2D eigenvalue weighted by Gasteiger charge is -1.78. The summed E-state index contributed by atoms with van der Waals surface area (Å²) >= 11 is 5.90. The van der Waals surface area contributed by atoms with E-state index < -0.39 is 0 Å². The summed E-state index contributed by atoms with van der Waals surface area (Å²) in [7, 11) is 0. The molecule has 0 bridgehead atoms. The average molecular weight is 134 g/mol. The van der Waals surface area contributed by atoms with Crippen molar-refractivity contribution in [1.82, 2.24) is 0 Å². The van der Waals surface area contributed by atoms with Crippen molar-refractivity contribution in [2.24, 2.45) is 10.7 Å². The summed E-state index contributed by atoms with van der Waals surface area (Å²) in [5, 5.41) is 0.189. The topological polar surface area (TPSA) is 38.4 Å². The molecule has 7 heavy (non-hydrogen) atoms. The molecule has 0 heterocycles. The maximum Gasteiger partial charge on any atom is 0.190 e. The number of thioether (sulfide) groups is 1. The van der Waals surface area contributed by atoms with E-state index in [9.17, 15) is 0 Å². The molecule has 0 saturated heterocycles. The first-order chi connectivity index (χ1) is 3.27. The first-order valence-corrected chi connectivity index (χ1v) is 3.31. The fraction of sp³-hybridized carbons (Fsp3) is 0.333. The lowest BCUT2D eigenvalue weighted by atomic mass is 11.2. The van der Waals surface area contributed by atoms with Crippen molar-refractivity contribution in [3.8, 4) is 0 Å². The third-order valence-corrected chi connectivity index (χ3v) is 0.707. The minimum absolute atomic E-state index is 0.189. The molecule has 0 amide bonds. The van der Waals surface area contributed by atoms with Gasteiger partial charge in [-0.1, -0.05) is 0 Å². The van der Waals surface area contributed by atoms with E-state index >= 15 is 0 Å². The number of nitrogens with two attached hydrogens (primary N) is 1. The van der Waals surface area contributed by atoms with Crippen molar-refractivity contribution in [2.75, 3.05) is 6.26 Å². The Balaban J connectivity index is 3.26. The molecule has 0 saturated carbocycles. The number of hydrogen-bond donors (Lipinski definition) is 1. The van der Waals surface area contributed by atoms with Crippen LogP contribution < -0.4 is 5.73 Å². The molecule has 0 aliphatic carbocycles. The van der Waals surface area contributed by atoms with E-state index in [1.165, 1.54) is 11.8 Å². The molecule has 4 heteroatoms. The van der Waals surface area contributed by atoms with E-state index in [2.05, 4.69) is 17.2 Å². The fourth-order valence-corrected chi connectivity index (χ4v) is 0.443. The number of hydrogen-bond acceptors (Lipinski definition) is 2. The zero-order valence-corrected chi connectivity index (χ0v) is 5.55. The van der Waals surface area contributed by atoms with Gasteiger partial charge in [0.15, 0.2) is 5.11 Å². The Morgan fingerprint density at radius 1 is 2.00 bits per heavy atom. The van der Waals surface area contributed by atoms with Crippen LogP contribution >= 0.6 is 24.0 Å². The number of aliphatic imine (C=N–C) groups is 1. The van der Waals surface area contributed by atoms with Crippen molar-refractivity contribution in [2.45, 2.75) is 0 Å². The molecule has 0 radical (unpaired) electrons. The van der Waals surface area contributed by atoms with Crippen LogP contribution in [0.25, 0.3) is 0 Å². The maximum absolute atomic E-state index is 5.00. The standard InChI is InChI=1S/C3H6N2S2/c1-7-2-5-3(4)6/h2H,1H3,(H2,4,6). The first-order valence-electron chi connectivity index (χ1n) is 1.62. The van der Waals surface area contributed by atoms with Crippen molar-refractivity contribution in [3.05, 3.63) is 0 Å². The SMILES string of the molecule is CSC=NC(N)=S. The van der Waals surface area contributed by atoms with Crippen LogP contribution in [0.4, 0.5) is 0 Å². The molecule has 2 nitrogen and oxygen atoms in total. The Kier molecular flexibility index (Phi) is 4.03. The lowest BCUT2D eigenvalue weighted by Crippen LogP contribution is -2.02. The highest BCUT2D eigenvalue weighted by Crippen LogP contribution is 1.81. The van der Waals surface area contributed by atoms with Gasteiger partial charge in [-0.05, 0) is 18.5 Å². The van der Waals surface area contributed by atoms with Gasteiger partial charge in [-0.2, -0.15) is 0 Å². The second-order valence-corrected chi connectivity index (χ2v) is 1.91. The average Bonchev–Trinajstić information content (AvgIpc) is 1.61. The molecule has 0 aliphatic rings. The molecule has 0 aromatic heterocycles. The van der Waals surface area contributed by atoms with E-state index in [4.69, 9.17) is 5.73 Å². The van der Waals surface area contributed by atoms with Crippen LogP contribution in [0, 0.1) is 0 Å². The molecular formula is C3H6N2S2. The van der Waals surface area contributed by atoms with Gasteiger partial charge in [0.05, 0.1) is 5.55 Å². The van der Waals surface area contributed by atoms with Gasteiger partial charge in [0.2, 0.25) is 0 Å². The van der Waals surface area contributed by atoms with Crippen molar-refractivity contribution in [1.29, 1.82) is 0 Å². The highest BCUT2D eigenvalue weighted by atomic mass is 32.2. The van der Waals surface area contributed by atoms with Gasteiger partial charge in [0.1, 0.15) is 0 Å². The predicted octanol–water partition coefficient (Wildman–Crippen LogP) is 0.621. The normalized spacial score (nSPS) is 9.86. The molecule has 2 N–H and O–H groups in total. The van der Waals surface area contributed by atoms with Gasteiger partial charge < -0.3 is 5.73 Å². The minimum atomic E-state index is 0.189. The lowest BCUT2D eigenvalue weighted by molar-refractivity contribution is 1.65. The highest BCUT2D eigenvalue weighted by Gasteiger charge is 1.71. The summed E-state index contributed by atoms with van der Waals surface area (Å²) in [5.74, 6) is 0. The van der Waals surface area contributed by atoms with E-state index in [-0.39, 0.29) is 5.11 Å². The quantitative estimate of drug-likeness (QED) is 0.324. The molecule has 0 rings (SSSR count). The smallest absolute Gasteiger partial charge is 0.190 e. The van der Waals surface area contributed by atoms with Gasteiger partial charge in [0, 0.05) is 0 Å². The van der Waals surface area contributed by atoms with Gasteiger partial charge in [-0.25, -0.2) is 4.99 Å². The van der Waals surface area contributed by atoms with Gasteiger partial charge in [-0.3, -0.25) is 0 Å². The third-order valence-electron chi connectivity index (χ3n) is 0.285. The van der Waals surface area contributed by atoms with E-state index in [0.717, 1.165) is 0 Å². The van der Waals surface area contributed by atoms with Crippen LogP contribution in [0.3, 0.4) is 0 Å². The summed E-state index contributed by atoms with van der Waals surface area (Å²) in [5.41, 5.74) is 6.60.